The Morgan fingerprint density at radius 3 is 2.72 bits per heavy atom. The first-order valence-corrected chi connectivity index (χ1v) is 12.8. The summed E-state index contributed by atoms with van der Waals surface area (Å²) in [5.41, 5.74) is 1.85. The van der Waals surface area contributed by atoms with Gasteiger partial charge in [-0.3, -0.25) is 9.36 Å². The molecule has 1 aliphatic heterocycles. The van der Waals surface area contributed by atoms with Crippen molar-refractivity contribution < 1.29 is 18.3 Å². The predicted molar refractivity (Wildman–Crippen MR) is 139 cm³/mol. The van der Waals surface area contributed by atoms with Gasteiger partial charge in [0.15, 0.2) is 4.80 Å². The van der Waals surface area contributed by atoms with Gasteiger partial charge < -0.3 is 9.15 Å². The maximum Gasteiger partial charge on any atom is 0.338 e. The minimum Gasteiger partial charge on any atom is -0.463 e. The predicted octanol–water partition coefficient (Wildman–Crippen LogP) is 4.96. The van der Waals surface area contributed by atoms with Gasteiger partial charge >= 0.3 is 5.97 Å². The molecular weight excluding hydrogens is 547 g/mol. The number of allylic oxidation sites excluding steroid dienone is 1. The first-order chi connectivity index (χ1) is 17.4. The van der Waals surface area contributed by atoms with E-state index in [9.17, 15) is 14.0 Å². The summed E-state index contributed by atoms with van der Waals surface area (Å²) in [5.74, 6) is 0.200. The summed E-state index contributed by atoms with van der Waals surface area (Å²) < 4.78 is 27.7. The lowest BCUT2D eigenvalue weighted by molar-refractivity contribution is -0.139. The molecule has 0 saturated heterocycles. The molecule has 1 aliphatic rings. The van der Waals surface area contributed by atoms with Crippen LogP contribution in [0, 0.1) is 5.82 Å². The van der Waals surface area contributed by atoms with Crippen molar-refractivity contribution in [3.05, 3.63) is 113 Å². The topological polar surface area (TPSA) is 73.8 Å². The number of ether oxygens (including phenoxy) is 1. The standard InChI is InChI=1S/C27H20BrFN2O4S/c1-3-34-26(33)23-15(2)30-27-31(24(23)16-7-9-19(29)10-8-16)25(32)22(36-27)14-20-11-12-21(35-20)17-5-4-6-18(28)13-17/h4-14,24H,3H2,1-2H3/b22-14-. The quantitative estimate of drug-likeness (QED) is 0.320. The molecular formula is C27H20BrFN2O4S. The molecule has 182 valence electrons. The number of hydrogen-bond donors (Lipinski definition) is 0. The van der Waals surface area contributed by atoms with Crippen molar-refractivity contribution in [1.29, 1.82) is 0 Å². The largest absolute Gasteiger partial charge is 0.463 e. The highest BCUT2D eigenvalue weighted by Crippen LogP contribution is 2.31. The molecule has 9 heteroatoms. The smallest absolute Gasteiger partial charge is 0.338 e. The molecule has 0 spiro atoms. The van der Waals surface area contributed by atoms with E-state index < -0.39 is 17.8 Å². The third-order valence-corrected chi connectivity index (χ3v) is 7.19. The van der Waals surface area contributed by atoms with Crippen molar-refractivity contribution in [2.24, 2.45) is 4.99 Å². The second-order valence-corrected chi connectivity index (χ2v) is 9.99. The molecule has 0 aliphatic carbocycles. The first kappa shape index (κ1) is 24.1. The van der Waals surface area contributed by atoms with Crippen LogP contribution in [0.1, 0.15) is 31.2 Å². The molecule has 0 N–H and O–H groups in total. The number of aromatic nitrogens is 1. The van der Waals surface area contributed by atoms with Crippen LogP contribution in [-0.2, 0) is 9.53 Å². The zero-order valence-corrected chi connectivity index (χ0v) is 21.7. The van der Waals surface area contributed by atoms with Crippen molar-refractivity contribution in [1.82, 2.24) is 4.57 Å². The van der Waals surface area contributed by atoms with Gasteiger partial charge in [-0.15, -0.1) is 0 Å². The Bertz CT molecular complexity index is 1680. The third kappa shape index (κ3) is 4.52. The number of rotatable bonds is 5. The molecule has 6 nitrogen and oxygen atoms in total. The van der Waals surface area contributed by atoms with Crippen molar-refractivity contribution in [2.75, 3.05) is 6.61 Å². The van der Waals surface area contributed by atoms with Crippen LogP contribution in [-0.4, -0.2) is 17.1 Å². The number of halogens is 2. The van der Waals surface area contributed by atoms with E-state index >= 15 is 0 Å². The van der Waals surface area contributed by atoms with Crippen molar-refractivity contribution >= 4 is 39.3 Å². The molecule has 5 rings (SSSR count). The van der Waals surface area contributed by atoms with Crippen LogP contribution >= 0.6 is 27.3 Å². The van der Waals surface area contributed by atoms with Crippen LogP contribution < -0.4 is 14.9 Å². The molecule has 2 aromatic carbocycles. The third-order valence-electron chi connectivity index (χ3n) is 5.71. The Hall–Kier alpha value is -3.56. The van der Waals surface area contributed by atoms with Crippen molar-refractivity contribution in [3.8, 4) is 11.3 Å². The van der Waals surface area contributed by atoms with Crippen LogP contribution in [0.15, 0.2) is 90.6 Å². The maximum absolute atomic E-state index is 13.7. The Labute approximate surface area is 217 Å². The Kier molecular flexibility index (Phi) is 6.59. The van der Waals surface area contributed by atoms with Crippen LogP contribution in [0.4, 0.5) is 4.39 Å². The van der Waals surface area contributed by atoms with E-state index in [0.29, 0.717) is 32.1 Å². The molecule has 1 unspecified atom stereocenters. The lowest BCUT2D eigenvalue weighted by Gasteiger charge is -2.24. The molecule has 2 aromatic heterocycles. The summed E-state index contributed by atoms with van der Waals surface area (Å²) in [6, 6.07) is 16.3. The zero-order chi connectivity index (χ0) is 25.4. The number of thiazole rings is 1. The first-order valence-electron chi connectivity index (χ1n) is 11.2. The van der Waals surface area contributed by atoms with Gasteiger partial charge in [-0.05, 0) is 55.8 Å². The summed E-state index contributed by atoms with van der Waals surface area (Å²) >= 11 is 4.66. The second kappa shape index (κ2) is 9.83. The molecule has 0 saturated carbocycles. The van der Waals surface area contributed by atoms with Gasteiger partial charge in [-0.2, -0.15) is 0 Å². The fraction of sp³-hybridized carbons (Fsp3) is 0.148. The number of furan rings is 1. The van der Waals surface area contributed by atoms with Crippen LogP contribution in [0.25, 0.3) is 17.4 Å². The maximum atomic E-state index is 13.7. The van der Waals surface area contributed by atoms with E-state index in [2.05, 4.69) is 20.9 Å². The molecule has 1 atom stereocenters. The fourth-order valence-electron chi connectivity index (χ4n) is 4.11. The summed E-state index contributed by atoms with van der Waals surface area (Å²) in [5, 5.41) is 0. The van der Waals surface area contributed by atoms with E-state index in [1.165, 1.54) is 28.0 Å². The highest BCUT2D eigenvalue weighted by Gasteiger charge is 2.33. The Balaban J connectivity index is 1.64. The van der Waals surface area contributed by atoms with Gasteiger partial charge in [0.1, 0.15) is 17.3 Å². The number of nitrogens with zero attached hydrogens (tertiary/aromatic N) is 2. The number of benzene rings is 2. The minimum atomic E-state index is -0.795. The molecule has 0 radical (unpaired) electrons. The van der Waals surface area contributed by atoms with Gasteiger partial charge in [0, 0.05) is 16.1 Å². The Morgan fingerprint density at radius 1 is 1.22 bits per heavy atom. The molecule has 0 fully saturated rings. The van der Waals surface area contributed by atoms with E-state index in [-0.39, 0.29) is 17.7 Å². The number of carbonyl (C=O) groups excluding carboxylic acids is 1. The highest BCUT2D eigenvalue weighted by atomic mass is 79.9. The molecule has 36 heavy (non-hydrogen) atoms. The zero-order valence-electron chi connectivity index (χ0n) is 19.3. The van der Waals surface area contributed by atoms with E-state index in [1.54, 1.807) is 38.1 Å². The highest BCUT2D eigenvalue weighted by molar-refractivity contribution is 9.10. The van der Waals surface area contributed by atoms with Crippen molar-refractivity contribution in [3.63, 3.8) is 0 Å². The Morgan fingerprint density at radius 2 is 2.00 bits per heavy atom. The minimum absolute atomic E-state index is 0.176. The fourth-order valence-corrected chi connectivity index (χ4v) is 5.53. The number of esters is 1. The number of fused-ring (bicyclic) bond motifs is 1. The van der Waals surface area contributed by atoms with Crippen molar-refractivity contribution in [2.45, 2.75) is 19.9 Å². The van der Waals surface area contributed by atoms with Gasteiger partial charge in [0.25, 0.3) is 5.56 Å². The van der Waals surface area contributed by atoms with Gasteiger partial charge in [-0.1, -0.05) is 51.5 Å². The molecule has 3 heterocycles. The summed E-state index contributed by atoms with van der Waals surface area (Å²) in [6.07, 6.45) is 1.66. The van der Waals surface area contributed by atoms with E-state index in [4.69, 9.17) is 9.15 Å². The molecule has 0 amide bonds. The average Bonchev–Trinajstić information content (AvgIpc) is 3.43. The summed E-state index contributed by atoms with van der Waals surface area (Å²) in [6.45, 7) is 3.59. The average molecular weight is 567 g/mol. The second-order valence-electron chi connectivity index (χ2n) is 8.07. The number of hydrogen-bond acceptors (Lipinski definition) is 6. The number of carbonyl (C=O) groups is 1. The normalized spacial score (nSPS) is 15.6. The summed E-state index contributed by atoms with van der Waals surface area (Å²) in [7, 11) is 0. The lowest BCUT2D eigenvalue weighted by atomic mass is 9.96. The SMILES string of the molecule is CCOC(=O)C1=C(C)N=c2s/c(=C\c3ccc(-c4cccc(Br)c4)o3)c(=O)n2C1c1ccc(F)cc1. The van der Waals surface area contributed by atoms with Gasteiger partial charge in [0.2, 0.25) is 0 Å². The van der Waals surface area contributed by atoms with Crippen LogP contribution in [0.5, 0.6) is 0 Å². The lowest BCUT2D eigenvalue weighted by Crippen LogP contribution is -2.39. The summed E-state index contributed by atoms with van der Waals surface area (Å²) in [4.78, 5) is 31.5. The monoisotopic (exact) mass is 566 g/mol. The van der Waals surface area contributed by atoms with Crippen LogP contribution in [0.3, 0.4) is 0 Å². The van der Waals surface area contributed by atoms with Gasteiger partial charge in [0.05, 0.1) is 28.5 Å². The van der Waals surface area contributed by atoms with Crippen LogP contribution in [0.2, 0.25) is 0 Å². The molecule has 4 aromatic rings. The van der Waals surface area contributed by atoms with Gasteiger partial charge in [-0.25, -0.2) is 14.2 Å². The van der Waals surface area contributed by atoms with E-state index in [0.717, 1.165) is 10.0 Å². The van der Waals surface area contributed by atoms with E-state index in [1.807, 2.05) is 30.3 Å². The molecule has 0 bridgehead atoms.